The molecule has 0 unspecified atom stereocenters. The third-order valence-electron chi connectivity index (χ3n) is 4.09. The number of carbonyl (C=O) groups excluding carboxylic acids is 2. The summed E-state index contributed by atoms with van der Waals surface area (Å²) in [6, 6.07) is 13.0. The maximum Gasteiger partial charge on any atom is 0.266 e. The Bertz CT molecular complexity index is 1300. The van der Waals surface area contributed by atoms with Crippen LogP contribution in [-0.2, 0) is 9.59 Å². The number of benzene rings is 2. The number of thioether (sulfide) groups is 2. The van der Waals surface area contributed by atoms with Gasteiger partial charge in [-0.15, -0.1) is 0 Å². The van der Waals surface area contributed by atoms with Crippen molar-refractivity contribution in [2.75, 3.05) is 11.9 Å². The fourth-order valence-corrected chi connectivity index (χ4v) is 5.85. The molecule has 0 aliphatic carbocycles. The summed E-state index contributed by atoms with van der Waals surface area (Å²) in [4.78, 5) is 32.2. The molecular formula is C20H11BrN4O2S4. The highest BCUT2D eigenvalue weighted by Crippen LogP contribution is 2.33. The second kappa shape index (κ2) is 9.50. The third kappa shape index (κ3) is 5.16. The van der Waals surface area contributed by atoms with Gasteiger partial charge in [-0.1, -0.05) is 63.4 Å². The first-order chi connectivity index (χ1) is 14.9. The lowest BCUT2D eigenvalue weighted by atomic mass is 10.2. The summed E-state index contributed by atoms with van der Waals surface area (Å²) in [6.07, 6.45) is 1.76. The van der Waals surface area contributed by atoms with E-state index in [2.05, 4.69) is 26.2 Å². The average molecular weight is 548 g/mol. The van der Waals surface area contributed by atoms with E-state index in [1.807, 2.05) is 35.7 Å². The number of anilines is 1. The van der Waals surface area contributed by atoms with Crippen molar-refractivity contribution in [3.8, 4) is 5.40 Å². The van der Waals surface area contributed by atoms with Gasteiger partial charge in [-0.05, 0) is 53.7 Å². The molecule has 2 heterocycles. The molecule has 1 aliphatic rings. The maximum atomic E-state index is 12.7. The molecule has 1 N–H and O–H groups in total. The first-order valence-electron chi connectivity index (χ1n) is 8.70. The summed E-state index contributed by atoms with van der Waals surface area (Å²) in [6.45, 7) is -0.189. The summed E-state index contributed by atoms with van der Waals surface area (Å²) in [5.74, 6) is -0.682. The second-order valence-corrected chi connectivity index (χ2v) is 10.7. The molecule has 2 amide bonds. The fourth-order valence-electron chi connectivity index (χ4n) is 2.76. The van der Waals surface area contributed by atoms with E-state index in [9.17, 15) is 9.59 Å². The predicted molar refractivity (Wildman–Crippen MR) is 134 cm³/mol. The highest BCUT2D eigenvalue weighted by Gasteiger charge is 2.33. The molecule has 0 saturated carbocycles. The van der Waals surface area contributed by atoms with E-state index in [1.54, 1.807) is 18.2 Å². The predicted octanol–water partition coefficient (Wildman–Crippen LogP) is 5.47. The number of nitrogens with zero attached hydrogens (tertiary/aromatic N) is 3. The average Bonchev–Trinajstić information content (AvgIpc) is 3.23. The summed E-state index contributed by atoms with van der Waals surface area (Å²) in [5, 5.41) is 14.0. The van der Waals surface area contributed by atoms with Crippen molar-refractivity contribution in [2.24, 2.45) is 0 Å². The minimum atomic E-state index is -0.384. The molecule has 0 bridgehead atoms. The van der Waals surface area contributed by atoms with Crippen LogP contribution in [0.2, 0.25) is 0 Å². The molecule has 1 saturated heterocycles. The Morgan fingerprint density at radius 3 is 2.97 bits per heavy atom. The normalized spacial score (nSPS) is 15.0. The standard InChI is InChI=1S/C20H11BrN4O2S4/c21-12-3-1-2-11(6-12)7-16-18(27)25(20(28)31-16)9-17(26)24-19-23-14-5-4-13(29-10-22)8-15(14)30-19/h1-8H,9H2,(H,23,24,26)/b16-7-. The van der Waals surface area contributed by atoms with Gasteiger partial charge >= 0.3 is 0 Å². The van der Waals surface area contributed by atoms with Gasteiger partial charge in [0.2, 0.25) is 5.91 Å². The van der Waals surface area contributed by atoms with Gasteiger partial charge in [0.15, 0.2) is 5.13 Å². The molecular weight excluding hydrogens is 536 g/mol. The van der Waals surface area contributed by atoms with Crippen LogP contribution in [0.5, 0.6) is 0 Å². The van der Waals surface area contributed by atoms with Crippen LogP contribution in [-0.4, -0.2) is 32.6 Å². The van der Waals surface area contributed by atoms with Crippen LogP contribution in [0.15, 0.2) is 56.7 Å². The SMILES string of the molecule is N#CSc1ccc2nc(NC(=O)CN3C(=O)/C(=C/c4cccc(Br)c4)SC3=S)sc2c1. The molecule has 0 spiro atoms. The molecule has 0 radical (unpaired) electrons. The zero-order chi connectivity index (χ0) is 22.0. The zero-order valence-corrected chi connectivity index (χ0v) is 20.3. The molecule has 4 rings (SSSR count). The zero-order valence-electron chi connectivity index (χ0n) is 15.5. The molecule has 11 heteroatoms. The van der Waals surface area contributed by atoms with Crippen molar-refractivity contribution in [3.63, 3.8) is 0 Å². The van der Waals surface area contributed by atoms with Crippen molar-refractivity contribution >= 4 is 101 Å². The largest absolute Gasteiger partial charge is 0.300 e. The molecule has 1 fully saturated rings. The molecule has 154 valence electrons. The van der Waals surface area contributed by atoms with Crippen LogP contribution in [0.25, 0.3) is 16.3 Å². The number of nitriles is 1. The quantitative estimate of drug-likeness (QED) is 0.196. The monoisotopic (exact) mass is 546 g/mol. The van der Waals surface area contributed by atoms with Crippen molar-refractivity contribution < 1.29 is 9.59 Å². The summed E-state index contributed by atoms with van der Waals surface area (Å²) in [7, 11) is 0. The lowest BCUT2D eigenvalue weighted by Crippen LogP contribution is -2.36. The van der Waals surface area contributed by atoms with Gasteiger partial charge in [0.05, 0.1) is 15.1 Å². The number of rotatable bonds is 5. The minimum absolute atomic E-state index is 0.189. The van der Waals surface area contributed by atoms with E-state index in [0.717, 1.165) is 36.9 Å². The number of thiocarbonyl (C=S) groups is 1. The van der Waals surface area contributed by atoms with Crippen LogP contribution in [0.1, 0.15) is 5.56 Å². The van der Waals surface area contributed by atoms with Crippen LogP contribution >= 0.6 is 63.0 Å². The number of hydrogen-bond acceptors (Lipinski definition) is 8. The maximum absolute atomic E-state index is 12.7. The van der Waals surface area contributed by atoms with Gasteiger partial charge in [0.25, 0.3) is 5.91 Å². The van der Waals surface area contributed by atoms with Crippen LogP contribution in [0.4, 0.5) is 5.13 Å². The highest BCUT2D eigenvalue weighted by atomic mass is 79.9. The summed E-state index contributed by atoms with van der Waals surface area (Å²) in [5.41, 5.74) is 1.59. The lowest BCUT2D eigenvalue weighted by molar-refractivity contribution is -0.126. The van der Waals surface area contributed by atoms with Crippen molar-refractivity contribution in [1.29, 1.82) is 5.26 Å². The Labute approximate surface area is 203 Å². The first-order valence-corrected chi connectivity index (χ1v) is 12.4. The number of halogens is 1. The van der Waals surface area contributed by atoms with Crippen molar-refractivity contribution in [2.45, 2.75) is 4.90 Å². The Morgan fingerprint density at radius 1 is 1.35 bits per heavy atom. The number of carbonyl (C=O) groups is 2. The number of amides is 2. The van der Waals surface area contributed by atoms with E-state index < -0.39 is 0 Å². The van der Waals surface area contributed by atoms with Gasteiger partial charge in [-0.25, -0.2) is 4.98 Å². The lowest BCUT2D eigenvalue weighted by Gasteiger charge is -2.13. The molecule has 1 aliphatic heterocycles. The van der Waals surface area contributed by atoms with Gasteiger partial charge in [0.1, 0.15) is 16.3 Å². The second-order valence-electron chi connectivity index (χ2n) is 6.21. The topological polar surface area (TPSA) is 86.1 Å². The van der Waals surface area contributed by atoms with E-state index in [1.165, 1.54) is 28.0 Å². The Balaban J connectivity index is 1.45. The fraction of sp³-hybridized carbons (Fsp3) is 0.0500. The summed E-state index contributed by atoms with van der Waals surface area (Å²) < 4.78 is 2.10. The van der Waals surface area contributed by atoms with Gasteiger partial charge in [-0.3, -0.25) is 14.5 Å². The number of fused-ring (bicyclic) bond motifs is 1. The number of aromatic nitrogens is 1. The Hall–Kier alpha value is -2.23. The third-order valence-corrected chi connectivity index (χ3v) is 7.48. The first kappa shape index (κ1) is 22.0. The molecule has 0 atom stereocenters. The van der Waals surface area contributed by atoms with E-state index in [-0.39, 0.29) is 18.4 Å². The summed E-state index contributed by atoms with van der Waals surface area (Å²) >= 11 is 12.3. The van der Waals surface area contributed by atoms with Crippen molar-refractivity contribution in [1.82, 2.24) is 9.88 Å². The molecule has 2 aromatic carbocycles. The van der Waals surface area contributed by atoms with Crippen LogP contribution < -0.4 is 5.32 Å². The number of thiazole rings is 1. The van der Waals surface area contributed by atoms with E-state index >= 15 is 0 Å². The number of hydrogen-bond donors (Lipinski definition) is 1. The van der Waals surface area contributed by atoms with Gasteiger partial charge < -0.3 is 5.32 Å². The smallest absolute Gasteiger partial charge is 0.266 e. The molecule has 31 heavy (non-hydrogen) atoms. The van der Waals surface area contributed by atoms with E-state index in [4.69, 9.17) is 17.5 Å². The number of nitrogens with one attached hydrogen (secondary N) is 1. The van der Waals surface area contributed by atoms with Crippen LogP contribution in [0, 0.1) is 10.7 Å². The van der Waals surface area contributed by atoms with Crippen molar-refractivity contribution in [3.05, 3.63) is 57.4 Å². The minimum Gasteiger partial charge on any atom is -0.300 e. The molecule has 6 nitrogen and oxygen atoms in total. The molecule has 1 aromatic heterocycles. The molecule has 3 aromatic rings. The Kier molecular flexibility index (Phi) is 6.74. The van der Waals surface area contributed by atoms with E-state index in [0.29, 0.717) is 14.4 Å². The Morgan fingerprint density at radius 2 is 2.19 bits per heavy atom. The highest BCUT2D eigenvalue weighted by molar-refractivity contribution is 9.10. The number of thiocyanates is 1. The van der Waals surface area contributed by atoms with Gasteiger partial charge in [0, 0.05) is 9.37 Å². The van der Waals surface area contributed by atoms with Crippen LogP contribution in [0.3, 0.4) is 0 Å². The van der Waals surface area contributed by atoms with Gasteiger partial charge in [-0.2, -0.15) is 5.26 Å².